The number of methoxy groups -OCH3 is 1. The molecule has 1 aliphatic rings. The Balaban J connectivity index is 2.34. The summed E-state index contributed by atoms with van der Waals surface area (Å²) in [6.45, 7) is 2.17. The third-order valence-corrected chi connectivity index (χ3v) is 2.68. The monoisotopic (exact) mass is 223 g/mol. The van der Waals surface area contributed by atoms with Crippen LogP contribution in [-0.2, 0) is 10.3 Å². The molecule has 5 nitrogen and oxygen atoms in total. The average molecular weight is 223 g/mol. The molecule has 0 aromatic heterocycles. The van der Waals surface area contributed by atoms with E-state index in [1.54, 1.807) is 25.1 Å². The van der Waals surface area contributed by atoms with Crippen LogP contribution in [0.15, 0.2) is 18.2 Å². The number of rotatable bonds is 2. The van der Waals surface area contributed by atoms with Crippen LogP contribution in [0, 0.1) is 0 Å². The number of amides is 1. The molecule has 1 atom stereocenters. The maximum absolute atomic E-state index is 11.0. The van der Waals surface area contributed by atoms with Gasteiger partial charge in [0, 0.05) is 5.56 Å². The zero-order valence-corrected chi connectivity index (χ0v) is 9.11. The van der Waals surface area contributed by atoms with Gasteiger partial charge in [0.05, 0.1) is 13.7 Å². The van der Waals surface area contributed by atoms with Gasteiger partial charge in [-0.25, -0.2) is 4.79 Å². The summed E-state index contributed by atoms with van der Waals surface area (Å²) >= 11 is 0. The molecule has 86 valence electrons. The lowest BCUT2D eigenvalue weighted by Gasteiger charge is -2.21. The van der Waals surface area contributed by atoms with Gasteiger partial charge >= 0.3 is 6.09 Å². The molecule has 1 aliphatic heterocycles. The van der Waals surface area contributed by atoms with Gasteiger partial charge in [0.2, 0.25) is 0 Å². The first kappa shape index (κ1) is 10.6. The van der Waals surface area contributed by atoms with Crippen LogP contribution in [0.3, 0.4) is 0 Å². The van der Waals surface area contributed by atoms with Gasteiger partial charge in [-0.2, -0.15) is 0 Å². The van der Waals surface area contributed by atoms with E-state index >= 15 is 0 Å². The molecule has 0 spiro atoms. The van der Waals surface area contributed by atoms with Crippen LogP contribution in [0.2, 0.25) is 0 Å². The molecular formula is C11H13NO4. The summed E-state index contributed by atoms with van der Waals surface area (Å²) in [6.07, 6.45) is -0.446. The molecule has 1 amide bonds. The number of nitrogens with one attached hydrogen (secondary N) is 1. The maximum Gasteiger partial charge on any atom is 0.408 e. The Kier molecular flexibility index (Phi) is 2.38. The molecule has 0 radical (unpaired) electrons. The summed E-state index contributed by atoms with van der Waals surface area (Å²) < 4.78 is 10.1. The summed E-state index contributed by atoms with van der Waals surface area (Å²) in [6, 6.07) is 4.94. The largest absolute Gasteiger partial charge is 0.504 e. The second-order valence-corrected chi connectivity index (χ2v) is 3.86. The molecule has 1 heterocycles. The number of ether oxygens (including phenoxy) is 2. The number of phenols is 1. The predicted molar refractivity (Wildman–Crippen MR) is 56.5 cm³/mol. The molecule has 1 saturated heterocycles. The van der Waals surface area contributed by atoms with E-state index in [0.29, 0.717) is 12.3 Å². The SMILES string of the molecule is COc1ccc(C2(C)CNC(=O)O2)cc1O. The number of carbonyl (C=O) groups excluding carboxylic acids is 1. The highest BCUT2D eigenvalue weighted by molar-refractivity contribution is 5.70. The third-order valence-electron chi connectivity index (χ3n) is 2.68. The Labute approximate surface area is 93.0 Å². The summed E-state index contributed by atoms with van der Waals surface area (Å²) in [7, 11) is 1.48. The van der Waals surface area contributed by atoms with Crippen LogP contribution in [-0.4, -0.2) is 24.9 Å². The van der Waals surface area contributed by atoms with E-state index in [-0.39, 0.29) is 5.75 Å². The molecular weight excluding hydrogens is 210 g/mol. The lowest BCUT2D eigenvalue weighted by atomic mass is 9.96. The Hall–Kier alpha value is -1.91. The van der Waals surface area contributed by atoms with Crippen LogP contribution < -0.4 is 10.1 Å². The smallest absolute Gasteiger partial charge is 0.408 e. The Morgan fingerprint density at radius 2 is 2.31 bits per heavy atom. The lowest BCUT2D eigenvalue weighted by Crippen LogP contribution is -2.26. The van der Waals surface area contributed by atoms with Crippen molar-refractivity contribution in [1.82, 2.24) is 5.32 Å². The molecule has 1 unspecified atom stereocenters. The molecule has 0 bridgehead atoms. The minimum Gasteiger partial charge on any atom is -0.504 e. The molecule has 1 aromatic rings. The third kappa shape index (κ3) is 1.64. The highest BCUT2D eigenvalue weighted by Gasteiger charge is 2.37. The lowest BCUT2D eigenvalue weighted by molar-refractivity contribution is 0.0702. The van der Waals surface area contributed by atoms with Crippen molar-refractivity contribution >= 4 is 6.09 Å². The summed E-state index contributed by atoms with van der Waals surface area (Å²) in [4.78, 5) is 11.0. The van der Waals surface area contributed by atoms with Crippen LogP contribution in [0.25, 0.3) is 0 Å². The van der Waals surface area contributed by atoms with E-state index in [9.17, 15) is 9.90 Å². The Bertz CT molecular complexity index is 432. The number of cyclic esters (lactones) is 1. The van der Waals surface area contributed by atoms with Gasteiger partial charge < -0.3 is 19.9 Å². The molecule has 2 rings (SSSR count). The van der Waals surface area contributed by atoms with Gasteiger partial charge in [-0.3, -0.25) is 0 Å². The van der Waals surface area contributed by atoms with Crippen LogP contribution in [0.5, 0.6) is 11.5 Å². The minimum atomic E-state index is -0.735. The Morgan fingerprint density at radius 1 is 1.56 bits per heavy atom. The van der Waals surface area contributed by atoms with Crippen molar-refractivity contribution in [3.05, 3.63) is 23.8 Å². The van der Waals surface area contributed by atoms with Gasteiger partial charge in [-0.1, -0.05) is 6.07 Å². The topological polar surface area (TPSA) is 67.8 Å². The van der Waals surface area contributed by atoms with Crippen molar-refractivity contribution in [1.29, 1.82) is 0 Å². The fourth-order valence-electron chi connectivity index (χ4n) is 1.70. The summed E-state index contributed by atoms with van der Waals surface area (Å²) in [5.41, 5.74) is -0.00922. The van der Waals surface area contributed by atoms with Crippen LogP contribution >= 0.6 is 0 Å². The zero-order chi connectivity index (χ0) is 11.8. The number of phenolic OH excluding ortho intramolecular Hbond substituents is 1. The average Bonchev–Trinajstić information content (AvgIpc) is 2.60. The van der Waals surface area contributed by atoms with E-state index in [4.69, 9.17) is 9.47 Å². The van der Waals surface area contributed by atoms with E-state index in [1.165, 1.54) is 7.11 Å². The molecule has 1 fully saturated rings. The normalized spacial score (nSPS) is 23.8. The summed E-state index contributed by atoms with van der Waals surface area (Å²) in [5, 5.41) is 12.2. The van der Waals surface area contributed by atoms with E-state index in [1.807, 2.05) is 0 Å². The fourth-order valence-corrected chi connectivity index (χ4v) is 1.70. The number of alkyl carbamates (subject to hydrolysis) is 1. The molecule has 0 saturated carbocycles. The van der Waals surface area contributed by atoms with Gasteiger partial charge in [0.1, 0.15) is 0 Å². The number of carbonyl (C=O) groups is 1. The highest BCUT2D eigenvalue weighted by atomic mass is 16.6. The van der Waals surface area contributed by atoms with E-state index in [2.05, 4.69) is 5.32 Å². The predicted octanol–water partition coefficient (Wildman–Crippen LogP) is 1.36. The van der Waals surface area contributed by atoms with Crippen molar-refractivity contribution in [2.45, 2.75) is 12.5 Å². The van der Waals surface area contributed by atoms with Crippen molar-refractivity contribution in [2.75, 3.05) is 13.7 Å². The van der Waals surface area contributed by atoms with E-state index < -0.39 is 11.7 Å². The number of aromatic hydroxyl groups is 1. The summed E-state index contributed by atoms with van der Waals surface area (Å²) in [5.74, 6) is 0.425. The maximum atomic E-state index is 11.0. The van der Waals surface area contributed by atoms with Gasteiger partial charge in [0.15, 0.2) is 17.1 Å². The highest BCUT2D eigenvalue weighted by Crippen LogP contribution is 2.34. The second kappa shape index (κ2) is 3.59. The van der Waals surface area contributed by atoms with Crippen molar-refractivity contribution < 1.29 is 19.4 Å². The van der Waals surface area contributed by atoms with Crippen molar-refractivity contribution in [2.24, 2.45) is 0 Å². The molecule has 0 aliphatic carbocycles. The molecule has 1 aromatic carbocycles. The number of hydrogen-bond acceptors (Lipinski definition) is 4. The van der Waals surface area contributed by atoms with Gasteiger partial charge in [0.25, 0.3) is 0 Å². The number of benzene rings is 1. The first-order chi connectivity index (χ1) is 7.55. The first-order valence-electron chi connectivity index (χ1n) is 4.89. The molecule has 2 N–H and O–H groups in total. The quantitative estimate of drug-likeness (QED) is 0.794. The molecule has 5 heteroatoms. The standard InChI is InChI=1S/C11H13NO4/c1-11(6-12-10(14)16-11)7-3-4-9(15-2)8(13)5-7/h3-5,13H,6H2,1-2H3,(H,12,14). The van der Waals surface area contributed by atoms with Gasteiger partial charge in [-0.15, -0.1) is 0 Å². The first-order valence-corrected chi connectivity index (χ1v) is 4.89. The number of hydrogen-bond donors (Lipinski definition) is 2. The Morgan fingerprint density at radius 3 is 2.81 bits per heavy atom. The van der Waals surface area contributed by atoms with Gasteiger partial charge in [-0.05, 0) is 19.1 Å². The minimum absolute atomic E-state index is 0.0316. The van der Waals surface area contributed by atoms with E-state index in [0.717, 1.165) is 5.56 Å². The molecule has 16 heavy (non-hydrogen) atoms. The van der Waals surface area contributed by atoms with Crippen molar-refractivity contribution in [3.8, 4) is 11.5 Å². The fraction of sp³-hybridized carbons (Fsp3) is 0.364. The van der Waals surface area contributed by atoms with Crippen LogP contribution in [0.4, 0.5) is 4.79 Å². The zero-order valence-electron chi connectivity index (χ0n) is 9.11. The van der Waals surface area contributed by atoms with Crippen LogP contribution in [0.1, 0.15) is 12.5 Å². The van der Waals surface area contributed by atoms with Crippen molar-refractivity contribution in [3.63, 3.8) is 0 Å². The second-order valence-electron chi connectivity index (χ2n) is 3.86.